The quantitative estimate of drug-likeness (QED) is 0.268. The van der Waals surface area contributed by atoms with E-state index < -0.39 is 0 Å². The van der Waals surface area contributed by atoms with Crippen molar-refractivity contribution in [3.8, 4) is 34.8 Å². The van der Waals surface area contributed by atoms with Crippen LogP contribution >= 0.6 is 0 Å². The fourth-order valence-electron chi connectivity index (χ4n) is 6.38. The number of fused-ring (bicyclic) bond motifs is 6. The number of ether oxygens (including phenoxy) is 3. The van der Waals surface area contributed by atoms with E-state index in [1.807, 2.05) is 72.8 Å². The Morgan fingerprint density at radius 1 is 0.812 bits per heavy atom. The molecule has 0 aromatic heterocycles. The van der Waals surface area contributed by atoms with Gasteiger partial charge in [-0.05, 0) is 30.2 Å². The molecule has 0 aliphatic carbocycles. The lowest BCUT2D eigenvalue weighted by molar-refractivity contribution is -0.121. The topological polar surface area (TPSA) is 105 Å². The van der Waals surface area contributed by atoms with Crippen molar-refractivity contribution in [1.82, 2.24) is 5.32 Å². The third-order valence-corrected chi connectivity index (χ3v) is 8.80. The smallest absolute Gasteiger partial charge is 0.229 e. The molecule has 0 saturated heterocycles. The number of para-hydroxylation sites is 1. The maximum Gasteiger partial charge on any atom is 0.229 e. The second kappa shape index (κ2) is 12.8. The van der Waals surface area contributed by atoms with Crippen LogP contribution < -0.4 is 40.0 Å². The number of anilines is 2. The van der Waals surface area contributed by atoms with E-state index in [0.717, 1.165) is 39.2 Å². The number of benzene rings is 4. The van der Waals surface area contributed by atoms with Gasteiger partial charge in [-0.2, -0.15) is 0 Å². The van der Waals surface area contributed by atoms with Gasteiger partial charge in [-0.1, -0.05) is 42.2 Å². The van der Waals surface area contributed by atoms with Crippen LogP contribution in [0.1, 0.15) is 36.0 Å². The summed E-state index contributed by atoms with van der Waals surface area (Å²) in [7, 11) is 0. The second-order valence-electron chi connectivity index (χ2n) is 12.0. The van der Waals surface area contributed by atoms with Gasteiger partial charge >= 0.3 is 0 Å². The lowest BCUT2D eigenvalue weighted by Gasteiger charge is -2.32. The number of nitrogens with zero attached hydrogens (tertiary/aromatic N) is 4. The number of hydrogen-bond donors (Lipinski definition) is 1. The van der Waals surface area contributed by atoms with E-state index in [1.165, 1.54) is 0 Å². The van der Waals surface area contributed by atoms with Crippen molar-refractivity contribution in [2.45, 2.75) is 25.8 Å². The summed E-state index contributed by atoms with van der Waals surface area (Å²) in [6.45, 7) is 3.78. The highest BCUT2D eigenvalue weighted by molar-refractivity contribution is 5.95. The van der Waals surface area contributed by atoms with E-state index in [2.05, 4.69) is 27.0 Å². The first-order chi connectivity index (χ1) is 23.6. The number of hydrogen-bond acceptors (Lipinski definition) is 8. The van der Waals surface area contributed by atoms with Gasteiger partial charge in [0.05, 0.1) is 31.0 Å². The Morgan fingerprint density at radius 2 is 1.62 bits per heavy atom. The average Bonchev–Trinajstić information content (AvgIpc) is 3.10. The molecule has 10 heteroatoms. The summed E-state index contributed by atoms with van der Waals surface area (Å²) in [5.41, 5.74) is 5.12. The maximum absolute atomic E-state index is 13.5. The Kier molecular flexibility index (Phi) is 7.86. The predicted molar refractivity (Wildman–Crippen MR) is 180 cm³/mol. The average molecular weight is 640 g/mol. The Morgan fingerprint density at radius 3 is 2.56 bits per heavy atom. The fourth-order valence-corrected chi connectivity index (χ4v) is 6.38. The molecule has 8 rings (SSSR count). The summed E-state index contributed by atoms with van der Waals surface area (Å²) in [6.07, 6.45) is 1.18. The van der Waals surface area contributed by atoms with Gasteiger partial charge in [0, 0.05) is 61.3 Å². The molecule has 0 unspecified atom stereocenters. The third kappa shape index (κ3) is 5.91. The van der Waals surface area contributed by atoms with Crippen molar-refractivity contribution in [3.63, 3.8) is 0 Å². The Labute approximate surface area is 277 Å². The van der Waals surface area contributed by atoms with Crippen molar-refractivity contribution < 1.29 is 23.8 Å². The zero-order valence-corrected chi connectivity index (χ0v) is 26.3. The molecule has 0 atom stereocenters. The molecule has 0 bridgehead atoms. The monoisotopic (exact) mass is 639 g/mol. The number of carbonyl (C=O) groups is 2. The normalized spacial score (nSPS) is 14.8. The third-order valence-electron chi connectivity index (χ3n) is 8.80. The van der Waals surface area contributed by atoms with Crippen molar-refractivity contribution in [3.05, 3.63) is 100 Å². The van der Waals surface area contributed by atoms with Crippen LogP contribution in [0.5, 0.6) is 23.0 Å². The minimum absolute atomic E-state index is 0.0614. The highest BCUT2D eigenvalue weighted by Crippen LogP contribution is 2.44. The van der Waals surface area contributed by atoms with Crippen molar-refractivity contribution in [1.29, 1.82) is 0 Å². The van der Waals surface area contributed by atoms with Crippen molar-refractivity contribution in [2.75, 3.05) is 49.2 Å². The Balaban J connectivity index is 0.872. The molecule has 4 aromatic carbocycles. The molecule has 10 nitrogen and oxygen atoms in total. The van der Waals surface area contributed by atoms with Crippen LogP contribution in [0, 0.1) is 11.8 Å². The molecular formula is C38H33N5O5. The molecule has 0 saturated carbocycles. The van der Waals surface area contributed by atoms with Crippen LogP contribution in [0.15, 0.2) is 82.8 Å². The van der Waals surface area contributed by atoms with Crippen LogP contribution in [0.2, 0.25) is 0 Å². The van der Waals surface area contributed by atoms with Gasteiger partial charge in [0.2, 0.25) is 11.8 Å². The molecule has 4 aliphatic rings. The van der Waals surface area contributed by atoms with Gasteiger partial charge in [-0.15, -0.1) is 0 Å². The minimum atomic E-state index is -0.0810. The summed E-state index contributed by atoms with van der Waals surface area (Å²) in [4.78, 5) is 39.6. The number of carbonyl (C=O) groups excluding carboxylic acids is 2. The fraction of sp³-hybridized carbons (Fsp3) is 0.263. The molecule has 4 aromatic rings. The largest absolute Gasteiger partial charge is 0.489 e. The summed E-state index contributed by atoms with van der Waals surface area (Å²) in [5, 5.41) is 4.42. The molecule has 1 N–H and O–H groups in total. The minimum Gasteiger partial charge on any atom is -0.489 e. The van der Waals surface area contributed by atoms with E-state index in [0.29, 0.717) is 80.5 Å². The summed E-state index contributed by atoms with van der Waals surface area (Å²) in [5.74, 6) is 9.06. The lowest BCUT2D eigenvalue weighted by Crippen LogP contribution is -2.36. The summed E-state index contributed by atoms with van der Waals surface area (Å²) < 4.78 is 18.0. The molecule has 4 aliphatic heterocycles. The number of amides is 2. The summed E-state index contributed by atoms with van der Waals surface area (Å²) >= 11 is 0. The van der Waals surface area contributed by atoms with E-state index in [4.69, 9.17) is 19.2 Å². The standard InChI is InChI=1S/C38H33N5O5/c44-37(40-14-13-38(45)43-24-27-8-2-1-6-25(27)11-12-26-7-3-4-9-31(26)43)10-5-16-42-17-19-47-36-22-30-35(23-32(36)42)48-34-20-28-33(21-29(34)41-30)46-18-15-39-28/h1-4,6-9,20-23H,5,10,13-19,24H2,(H,40,44). The van der Waals surface area contributed by atoms with Crippen LogP contribution in [-0.4, -0.2) is 51.2 Å². The maximum atomic E-state index is 13.5. The van der Waals surface area contributed by atoms with Crippen molar-refractivity contribution in [2.24, 2.45) is 9.98 Å². The van der Waals surface area contributed by atoms with Gasteiger partial charge in [-0.3, -0.25) is 14.6 Å². The van der Waals surface area contributed by atoms with E-state index in [1.54, 1.807) is 4.90 Å². The van der Waals surface area contributed by atoms with Gasteiger partial charge in [0.1, 0.15) is 41.1 Å². The van der Waals surface area contributed by atoms with Gasteiger partial charge in [-0.25, -0.2) is 4.99 Å². The molecule has 240 valence electrons. The van der Waals surface area contributed by atoms with Crippen LogP contribution in [-0.2, 0) is 16.1 Å². The SMILES string of the molecule is O=C(CCCN1CCOc2cc3c(cc21)Oc1cc2c(cc1=N3)OCCN=2)NCCC(=O)N1Cc2ccccc2C#Cc2ccccc21. The Hall–Kier alpha value is -5.82. The van der Waals surface area contributed by atoms with Gasteiger partial charge in [0.25, 0.3) is 0 Å². The van der Waals surface area contributed by atoms with E-state index in [-0.39, 0.29) is 24.8 Å². The molecule has 0 fully saturated rings. The number of rotatable bonds is 7. The van der Waals surface area contributed by atoms with Crippen LogP contribution in [0.3, 0.4) is 0 Å². The first-order valence-electron chi connectivity index (χ1n) is 16.3. The summed E-state index contributed by atoms with van der Waals surface area (Å²) in [6, 6.07) is 23.2. The molecule has 0 spiro atoms. The molecule has 48 heavy (non-hydrogen) atoms. The van der Waals surface area contributed by atoms with Crippen molar-refractivity contribution >= 4 is 28.9 Å². The van der Waals surface area contributed by atoms with Gasteiger partial charge < -0.3 is 29.3 Å². The van der Waals surface area contributed by atoms with E-state index in [9.17, 15) is 9.59 Å². The zero-order chi connectivity index (χ0) is 32.5. The highest BCUT2D eigenvalue weighted by Gasteiger charge is 2.25. The number of nitrogens with one attached hydrogen (secondary N) is 1. The highest BCUT2D eigenvalue weighted by atomic mass is 16.5. The molecule has 2 amide bonds. The molecule has 4 heterocycles. The second-order valence-corrected chi connectivity index (χ2v) is 12.0. The van der Waals surface area contributed by atoms with Crippen LogP contribution in [0.25, 0.3) is 0 Å². The molecule has 0 radical (unpaired) electrons. The van der Waals surface area contributed by atoms with Crippen LogP contribution in [0.4, 0.5) is 17.1 Å². The zero-order valence-electron chi connectivity index (χ0n) is 26.3. The Bertz CT molecular complexity index is 2140. The van der Waals surface area contributed by atoms with E-state index >= 15 is 0 Å². The van der Waals surface area contributed by atoms with Gasteiger partial charge in [0.15, 0.2) is 11.5 Å². The predicted octanol–water partition coefficient (Wildman–Crippen LogP) is 4.19. The lowest BCUT2D eigenvalue weighted by atomic mass is 10.0. The molecular weight excluding hydrogens is 606 g/mol. The first-order valence-corrected chi connectivity index (χ1v) is 16.3. The first kappa shape index (κ1) is 29.6.